The van der Waals surface area contributed by atoms with E-state index in [1.54, 1.807) is 12.1 Å². The van der Waals surface area contributed by atoms with Crippen LogP contribution in [0.2, 0.25) is 10.0 Å². The topological polar surface area (TPSA) is 79.3 Å². The van der Waals surface area contributed by atoms with Gasteiger partial charge in [-0.1, -0.05) is 53.1 Å². The van der Waals surface area contributed by atoms with Crippen molar-refractivity contribution in [2.75, 3.05) is 19.6 Å². The lowest BCUT2D eigenvalue weighted by atomic mass is 9.84. The minimum atomic E-state index is -0.726. The van der Waals surface area contributed by atoms with Crippen LogP contribution >= 0.6 is 23.2 Å². The first-order valence-corrected chi connectivity index (χ1v) is 14.8. The highest BCUT2D eigenvalue weighted by molar-refractivity contribution is 6.35. The van der Waals surface area contributed by atoms with Gasteiger partial charge in [0.1, 0.15) is 6.04 Å². The number of aromatic nitrogens is 2. The predicted octanol–water partition coefficient (Wildman–Crippen LogP) is 4.44. The first kappa shape index (κ1) is 26.6. The summed E-state index contributed by atoms with van der Waals surface area (Å²) in [5, 5.41) is 7.41. The monoisotopic (exact) mass is 567 g/mol. The molecule has 0 spiro atoms. The number of piperidine rings is 3. The first-order valence-electron chi connectivity index (χ1n) is 14.0. The van der Waals surface area contributed by atoms with E-state index in [1.807, 2.05) is 18.6 Å². The summed E-state index contributed by atoms with van der Waals surface area (Å²) in [7, 11) is 0. The van der Waals surface area contributed by atoms with Gasteiger partial charge in [-0.05, 0) is 75.2 Å². The van der Waals surface area contributed by atoms with Crippen LogP contribution in [0.25, 0.3) is 0 Å². The van der Waals surface area contributed by atoms with Gasteiger partial charge in [0.05, 0.1) is 17.4 Å². The van der Waals surface area contributed by atoms with Crippen LogP contribution in [-0.4, -0.2) is 58.0 Å². The van der Waals surface area contributed by atoms with E-state index in [2.05, 4.69) is 43.3 Å². The zero-order chi connectivity index (χ0) is 27.0. The summed E-state index contributed by atoms with van der Waals surface area (Å²) in [4.78, 5) is 34.4. The Morgan fingerprint density at radius 3 is 2.67 bits per heavy atom. The summed E-state index contributed by atoms with van der Waals surface area (Å²) in [6.07, 6.45) is 16.2. The van der Waals surface area contributed by atoms with Crippen LogP contribution < -0.4 is 10.6 Å². The van der Waals surface area contributed by atoms with E-state index in [0.717, 1.165) is 63.1 Å². The Labute approximate surface area is 239 Å². The van der Waals surface area contributed by atoms with Gasteiger partial charge in [0.25, 0.3) is 0 Å². The Balaban J connectivity index is 1.19. The number of amides is 2. The summed E-state index contributed by atoms with van der Waals surface area (Å²) in [6, 6.07) is 4.66. The van der Waals surface area contributed by atoms with Gasteiger partial charge in [0, 0.05) is 41.8 Å². The summed E-state index contributed by atoms with van der Waals surface area (Å²) < 4.78 is 2.06. The van der Waals surface area contributed by atoms with Crippen molar-refractivity contribution >= 4 is 35.0 Å². The third kappa shape index (κ3) is 5.81. The van der Waals surface area contributed by atoms with E-state index in [0.29, 0.717) is 35.2 Å². The Bertz CT molecular complexity index is 1310. The second-order valence-electron chi connectivity index (χ2n) is 11.5. The zero-order valence-electron chi connectivity index (χ0n) is 22.0. The van der Waals surface area contributed by atoms with Crippen molar-refractivity contribution in [1.82, 2.24) is 25.1 Å². The number of nitrogens with zero attached hydrogens (tertiary/aromatic N) is 3. The van der Waals surface area contributed by atoms with Gasteiger partial charge in [-0.15, -0.1) is 0 Å². The number of benzene rings is 1. The van der Waals surface area contributed by atoms with Crippen molar-refractivity contribution in [3.63, 3.8) is 0 Å². The van der Waals surface area contributed by atoms with Crippen LogP contribution in [0.4, 0.5) is 0 Å². The average Bonchev–Trinajstić information content (AvgIpc) is 3.63. The van der Waals surface area contributed by atoms with Crippen molar-refractivity contribution in [2.24, 2.45) is 5.92 Å². The number of imidazole rings is 1. The van der Waals surface area contributed by atoms with Crippen molar-refractivity contribution in [3.8, 4) is 0 Å². The van der Waals surface area contributed by atoms with Gasteiger partial charge >= 0.3 is 0 Å². The van der Waals surface area contributed by atoms with Crippen molar-refractivity contribution in [1.29, 1.82) is 0 Å². The van der Waals surface area contributed by atoms with E-state index >= 15 is 0 Å². The van der Waals surface area contributed by atoms with Crippen molar-refractivity contribution in [2.45, 2.75) is 69.0 Å². The minimum absolute atomic E-state index is 0.115. The van der Waals surface area contributed by atoms with Gasteiger partial charge in [0.2, 0.25) is 11.8 Å². The number of nitrogens with one attached hydrogen (secondary N) is 2. The molecular weight excluding hydrogens is 533 g/mol. The summed E-state index contributed by atoms with van der Waals surface area (Å²) in [6.45, 7) is 3.86. The SMILES string of the molecule is O=C(N[C@@H]1CN2CCC1CC2)[C@H](Cc1cn(CC2=CC=CCC2)cn1)NC(=O)C1(c2ccc(Cl)cc2Cl)CC1. The molecule has 1 saturated carbocycles. The predicted molar refractivity (Wildman–Crippen MR) is 153 cm³/mol. The Morgan fingerprint density at radius 1 is 1.18 bits per heavy atom. The first-order chi connectivity index (χ1) is 18.9. The maximum Gasteiger partial charge on any atom is 0.243 e. The second kappa shape index (κ2) is 11.1. The molecule has 1 aromatic carbocycles. The van der Waals surface area contributed by atoms with Crippen LogP contribution in [0.5, 0.6) is 0 Å². The molecule has 4 fully saturated rings. The molecule has 39 heavy (non-hydrogen) atoms. The molecule has 1 aromatic heterocycles. The smallest absolute Gasteiger partial charge is 0.243 e. The lowest BCUT2D eigenvalue weighted by Gasteiger charge is -2.45. The largest absolute Gasteiger partial charge is 0.350 e. The highest BCUT2D eigenvalue weighted by Gasteiger charge is 2.53. The maximum absolute atomic E-state index is 13.7. The van der Waals surface area contributed by atoms with Crippen LogP contribution in [0.15, 0.2) is 54.5 Å². The third-order valence-electron chi connectivity index (χ3n) is 8.82. The van der Waals surface area contributed by atoms with Gasteiger partial charge < -0.3 is 20.1 Å². The van der Waals surface area contributed by atoms with Crippen LogP contribution in [0, 0.1) is 5.92 Å². The fourth-order valence-corrected chi connectivity index (χ4v) is 6.95. The van der Waals surface area contributed by atoms with E-state index in [4.69, 9.17) is 23.2 Å². The molecule has 2 N–H and O–H groups in total. The van der Waals surface area contributed by atoms with Crippen LogP contribution in [-0.2, 0) is 28.0 Å². The number of hydrogen-bond acceptors (Lipinski definition) is 4. The van der Waals surface area contributed by atoms with E-state index < -0.39 is 11.5 Å². The molecule has 7 rings (SSSR count). The molecular formula is C30H35Cl2N5O2. The van der Waals surface area contributed by atoms with Gasteiger partial charge in [0.15, 0.2) is 0 Å². The molecule has 206 valence electrons. The molecule has 2 amide bonds. The molecule has 2 aromatic rings. The van der Waals surface area contributed by atoms with Gasteiger partial charge in [-0.25, -0.2) is 4.98 Å². The second-order valence-corrected chi connectivity index (χ2v) is 12.4. The molecule has 7 nitrogen and oxygen atoms in total. The standard InChI is InChI=1S/C30H35Cl2N5O2/c31-22-6-7-24(25(32)14-22)30(10-11-30)29(39)35-26(28(38)34-27-18-36-12-8-21(27)9-13-36)15-23-17-37(19-33-23)16-20-4-2-1-3-5-20/h1-2,4,6-7,14,17,19,21,26-27H,3,5,8-13,15-16,18H2,(H,34,38)(H,35,39)/t26-,27+/m0/s1. The van der Waals surface area contributed by atoms with E-state index in [9.17, 15) is 9.59 Å². The molecule has 5 aliphatic rings. The fraction of sp³-hybridized carbons (Fsp3) is 0.500. The number of halogens is 2. The highest BCUT2D eigenvalue weighted by Crippen LogP contribution is 2.51. The molecule has 2 atom stereocenters. The quantitative estimate of drug-likeness (QED) is 0.469. The number of carbonyl (C=O) groups excluding carboxylic acids is 2. The summed E-state index contributed by atoms with van der Waals surface area (Å²) >= 11 is 12.6. The molecule has 4 heterocycles. The molecule has 2 bridgehead atoms. The maximum atomic E-state index is 13.7. The Kier molecular flexibility index (Phi) is 7.58. The average molecular weight is 569 g/mol. The van der Waals surface area contributed by atoms with E-state index in [-0.39, 0.29) is 17.9 Å². The molecule has 0 radical (unpaired) electrons. The molecule has 9 heteroatoms. The number of carbonyl (C=O) groups is 2. The fourth-order valence-electron chi connectivity index (χ4n) is 6.36. The summed E-state index contributed by atoms with van der Waals surface area (Å²) in [5.74, 6) is 0.184. The highest BCUT2D eigenvalue weighted by atomic mass is 35.5. The number of rotatable bonds is 9. The van der Waals surface area contributed by atoms with Gasteiger partial charge in [-0.3, -0.25) is 9.59 Å². The number of allylic oxidation sites excluding steroid dienone is 4. The summed E-state index contributed by atoms with van der Waals surface area (Å²) in [5.41, 5.74) is 2.17. The Morgan fingerprint density at radius 2 is 2.00 bits per heavy atom. The normalized spacial score (nSPS) is 25.6. The van der Waals surface area contributed by atoms with Crippen LogP contribution in [0.3, 0.4) is 0 Å². The lowest BCUT2D eigenvalue weighted by molar-refractivity contribution is -0.131. The van der Waals surface area contributed by atoms with Gasteiger partial charge in [-0.2, -0.15) is 0 Å². The lowest BCUT2D eigenvalue weighted by Crippen LogP contribution is -2.60. The number of hydrogen-bond donors (Lipinski definition) is 2. The molecule has 3 aliphatic heterocycles. The van der Waals surface area contributed by atoms with Crippen molar-refractivity contribution < 1.29 is 9.59 Å². The number of fused-ring (bicyclic) bond motifs is 3. The van der Waals surface area contributed by atoms with Crippen LogP contribution in [0.1, 0.15) is 49.8 Å². The molecule has 0 unspecified atom stereocenters. The third-order valence-corrected chi connectivity index (χ3v) is 9.37. The van der Waals surface area contributed by atoms with Crippen molar-refractivity contribution in [3.05, 3.63) is 75.8 Å². The van der Waals surface area contributed by atoms with E-state index in [1.165, 1.54) is 5.57 Å². The Hall–Kier alpha value is -2.61. The molecule has 3 saturated heterocycles. The zero-order valence-corrected chi connectivity index (χ0v) is 23.6. The minimum Gasteiger partial charge on any atom is -0.350 e. The molecule has 2 aliphatic carbocycles.